The van der Waals surface area contributed by atoms with Crippen LogP contribution in [0.25, 0.3) is 0 Å². The van der Waals surface area contributed by atoms with Gasteiger partial charge < -0.3 is 4.90 Å². The number of likely N-dealkylation sites (tertiary alicyclic amines) is 1. The Kier molecular flexibility index (Phi) is 4.36. The third-order valence-electron chi connectivity index (χ3n) is 3.17. The van der Waals surface area contributed by atoms with Crippen LogP contribution in [0, 0.1) is 5.82 Å². The molecule has 110 valence electrons. The predicted molar refractivity (Wildman–Crippen MR) is 69.3 cm³/mol. The van der Waals surface area contributed by atoms with Gasteiger partial charge in [-0.05, 0) is 31.0 Å². The van der Waals surface area contributed by atoms with Crippen molar-refractivity contribution in [3.63, 3.8) is 0 Å². The van der Waals surface area contributed by atoms with Gasteiger partial charge in [0.1, 0.15) is 5.82 Å². The highest BCUT2D eigenvalue weighted by atomic mass is 79.9. The first-order valence-corrected chi connectivity index (χ1v) is 7.00. The summed E-state index contributed by atoms with van der Waals surface area (Å²) in [5.41, 5.74) is -1.55. The molecule has 0 spiro atoms. The molecular formula is C13H12BrF4NO. The highest BCUT2D eigenvalue weighted by molar-refractivity contribution is 9.09. The fourth-order valence-electron chi connectivity index (χ4n) is 2.17. The maximum atomic E-state index is 13.2. The van der Waals surface area contributed by atoms with Gasteiger partial charge in [0.15, 0.2) is 0 Å². The number of rotatable bonds is 1. The van der Waals surface area contributed by atoms with Crippen LogP contribution in [0.5, 0.6) is 0 Å². The minimum Gasteiger partial charge on any atom is -0.338 e. The summed E-state index contributed by atoms with van der Waals surface area (Å²) in [5.74, 6) is -1.87. The molecule has 1 heterocycles. The van der Waals surface area contributed by atoms with Gasteiger partial charge >= 0.3 is 6.18 Å². The Morgan fingerprint density at radius 3 is 2.65 bits per heavy atom. The molecule has 0 aliphatic carbocycles. The SMILES string of the molecule is O=C(c1ccc(F)c(C(F)(F)F)c1)N1CCCC(Br)C1. The van der Waals surface area contributed by atoms with E-state index in [4.69, 9.17) is 0 Å². The summed E-state index contributed by atoms with van der Waals surface area (Å²) >= 11 is 3.39. The number of halogens is 5. The van der Waals surface area contributed by atoms with Gasteiger partial charge in [-0.25, -0.2) is 4.39 Å². The minimum atomic E-state index is -4.81. The molecule has 1 atom stereocenters. The molecule has 1 aromatic rings. The number of carbonyl (C=O) groups excluding carboxylic acids is 1. The summed E-state index contributed by atoms with van der Waals surface area (Å²) in [7, 11) is 0. The predicted octanol–water partition coefficient (Wildman–Crippen LogP) is 3.84. The van der Waals surface area contributed by atoms with E-state index in [1.165, 1.54) is 4.90 Å². The zero-order valence-electron chi connectivity index (χ0n) is 10.4. The van der Waals surface area contributed by atoms with Crippen LogP contribution in [-0.2, 0) is 6.18 Å². The Bertz CT molecular complexity index is 518. The first kappa shape index (κ1) is 15.3. The van der Waals surface area contributed by atoms with Gasteiger partial charge in [-0.1, -0.05) is 15.9 Å². The zero-order chi connectivity index (χ0) is 14.9. The molecule has 0 aromatic heterocycles. The van der Waals surface area contributed by atoms with Gasteiger partial charge in [0.05, 0.1) is 5.56 Å². The molecule has 0 bridgehead atoms. The molecule has 1 aliphatic heterocycles. The topological polar surface area (TPSA) is 20.3 Å². The van der Waals surface area contributed by atoms with Gasteiger partial charge in [-0.3, -0.25) is 4.79 Å². The van der Waals surface area contributed by atoms with E-state index in [1.807, 2.05) is 0 Å². The molecule has 0 N–H and O–H groups in total. The fourth-order valence-corrected chi connectivity index (χ4v) is 2.84. The van der Waals surface area contributed by atoms with E-state index >= 15 is 0 Å². The molecule has 1 fully saturated rings. The highest BCUT2D eigenvalue weighted by Crippen LogP contribution is 2.32. The van der Waals surface area contributed by atoms with Gasteiger partial charge in [-0.2, -0.15) is 13.2 Å². The van der Waals surface area contributed by atoms with E-state index in [0.29, 0.717) is 25.2 Å². The fraction of sp³-hybridized carbons (Fsp3) is 0.462. The largest absolute Gasteiger partial charge is 0.419 e. The van der Waals surface area contributed by atoms with E-state index in [-0.39, 0.29) is 10.4 Å². The number of benzene rings is 1. The molecule has 2 nitrogen and oxygen atoms in total. The molecule has 2 rings (SSSR count). The molecule has 7 heteroatoms. The van der Waals surface area contributed by atoms with Crippen LogP contribution in [0.1, 0.15) is 28.8 Å². The Morgan fingerprint density at radius 1 is 1.35 bits per heavy atom. The number of amides is 1. The van der Waals surface area contributed by atoms with Crippen molar-refractivity contribution in [1.82, 2.24) is 4.90 Å². The van der Waals surface area contributed by atoms with Gasteiger partial charge in [-0.15, -0.1) is 0 Å². The van der Waals surface area contributed by atoms with E-state index in [9.17, 15) is 22.4 Å². The molecule has 1 aromatic carbocycles. The summed E-state index contributed by atoms with van der Waals surface area (Å²) in [6.07, 6.45) is -3.10. The van der Waals surface area contributed by atoms with Crippen molar-refractivity contribution in [3.8, 4) is 0 Å². The third kappa shape index (κ3) is 3.31. The Hall–Kier alpha value is -1.11. The number of hydrogen-bond donors (Lipinski definition) is 0. The number of nitrogens with zero attached hydrogens (tertiary/aromatic N) is 1. The van der Waals surface area contributed by atoms with Crippen molar-refractivity contribution in [1.29, 1.82) is 0 Å². The first-order valence-electron chi connectivity index (χ1n) is 6.09. The van der Waals surface area contributed by atoms with E-state index in [1.54, 1.807) is 0 Å². The lowest BCUT2D eigenvalue weighted by atomic mass is 10.1. The Labute approximate surface area is 121 Å². The Morgan fingerprint density at radius 2 is 2.05 bits per heavy atom. The molecular weight excluding hydrogens is 342 g/mol. The van der Waals surface area contributed by atoms with Crippen LogP contribution in [-0.4, -0.2) is 28.7 Å². The molecule has 1 aliphatic rings. The van der Waals surface area contributed by atoms with E-state index in [0.717, 1.165) is 18.9 Å². The number of hydrogen-bond acceptors (Lipinski definition) is 1. The normalized spacial score (nSPS) is 20.1. The van der Waals surface area contributed by atoms with Crippen molar-refractivity contribution in [2.45, 2.75) is 23.8 Å². The number of carbonyl (C=O) groups is 1. The van der Waals surface area contributed by atoms with Crippen molar-refractivity contribution >= 4 is 21.8 Å². The van der Waals surface area contributed by atoms with E-state index < -0.39 is 23.5 Å². The molecule has 1 saturated heterocycles. The summed E-state index contributed by atoms with van der Waals surface area (Å²) in [6.45, 7) is 0.942. The van der Waals surface area contributed by atoms with Crippen LogP contribution in [0.2, 0.25) is 0 Å². The van der Waals surface area contributed by atoms with Crippen LogP contribution >= 0.6 is 15.9 Å². The average Bonchev–Trinajstić information content (AvgIpc) is 2.37. The summed E-state index contributed by atoms with van der Waals surface area (Å²) in [4.78, 5) is 13.8. The van der Waals surface area contributed by atoms with Gasteiger partial charge in [0.25, 0.3) is 5.91 Å². The molecule has 20 heavy (non-hydrogen) atoms. The molecule has 0 radical (unpaired) electrons. The average molecular weight is 354 g/mol. The second-order valence-corrected chi connectivity index (χ2v) is 5.98. The quantitative estimate of drug-likeness (QED) is 0.554. The van der Waals surface area contributed by atoms with Gasteiger partial charge in [0.2, 0.25) is 0 Å². The second kappa shape index (κ2) is 5.71. The van der Waals surface area contributed by atoms with Crippen molar-refractivity contribution in [2.75, 3.05) is 13.1 Å². The lowest BCUT2D eigenvalue weighted by Crippen LogP contribution is -2.40. The lowest BCUT2D eigenvalue weighted by molar-refractivity contribution is -0.140. The van der Waals surface area contributed by atoms with Crippen LogP contribution in [0.3, 0.4) is 0 Å². The van der Waals surface area contributed by atoms with Crippen LogP contribution in [0.15, 0.2) is 18.2 Å². The second-order valence-electron chi connectivity index (χ2n) is 4.68. The lowest BCUT2D eigenvalue weighted by Gasteiger charge is -2.30. The van der Waals surface area contributed by atoms with Crippen molar-refractivity contribution < 1.29 is 22.4 Å². The summed E-state index contributed by atoms with van der Waals surface area (Å²) in [6, 6.07) is 2.35. The smallest absolute Gasteiger partial charge is 0.338 e. The maximum absolute atomic E-state index is 13.2. The first-order chi connectivity index (χ1) is 9.29. The summed E-state index contributed by atoms with van der Waals surface area (Å²) in [5, 5.41) is 0. The Balaban J connectivity index is 2.26. The van der Waals surface area contributed by atoms with Crippen LogP contribution < -0.4 is 0 Å². The van der Waals surface area contributed by atoms with E-state index in [2.05, 4.69) is 15.9 Å². The highest BCUT2D eigenvalue weighted by Gasteiger charge is 2.35. The molecule has 1 amide bonds. The van der Waals surface area contributed by atoms with Crippen molar-refractivity contribution in [2.24, 2.45) is 0 Å². The number of piperidine rings is 1. The van der Waals surface area contributed by atoms with Crippen molar-refractivity contribution in [3.05, 3.63) is 35.1 Å². The third-order valence-corrected chi connectivity index (χ3v) is 3.92. The maximum Gasteiger partial charge on any atom is 0.419 e. The van der Waals surface area contributed by atoms with Gasteiger partial charge in [0, 0.05) is 23.5 Å². The number of alkyl halides is 4. The van der Waals surface area contributed by atoms with Crippen LogP contribution in [0.4, 0.5) is 17.6 Å². The minimum absolute atomic E-state index is 0.139. The summed E-state index contributed by atoms with van der Waals surface area (Å²) < 4.78 is 51.1. The molecule has 1 unspecified atom stereocenters. The monoisotopic (exact) mass is 353 g/mol. The molecule has 0 saturated carbocycles. The standard InChI is InChI=1S/C13H12BrF4NO/c14-9-2-1-5-19(7-9)12(20)8-3-4-11(15)10(6-8)13(16,17)18/h3-4,6,9H,1-2,5,7H2. The zero-order valence-corrected chi connectivity index (χ0v) is 12.0.